The second-order valence-corrected chi connectivity index (χ2v) is 6.65. The molecule has 0 saturated carbocycles. The first-order chi connectivity index (χ1) is 11.8. The van der Waals surface area contributed by atoms with Crippen LogP contribution in [0.1, 0.15) is 22.3 Å². The molecule has 3 rings (SSSR count). The van der Waals surface area contributed by atoms with E-state index in [2.05, 4.69) is 11.4 Å². The summed E-state index contributed by atoms with van der Waals surface area (Å²) in [7, 11) is 0. The Bertz CT molecular complexity index is 1030. The fraction of sp³-hybridized carbons (Fsp3) is 0.238. The van der Waals surface area contributed by atoms with Crippen molar-refractivity contribution in [3.05, 3.63) is 75.1 Å². The predicted molar refractivity (Wildman–Crippen MR) is 102 cm³/mol. The molecule has 0 spiro atoms. The zero-order valence-corrected chi connectivity index (χ0v) is 15.0. The SMILES string of the molecule is Cc1cccc(NC(=O)Cn2c(=O)cc(C)c3cc(C)cc(C)c32)c1. The average molecular weight is 334 g/mol. The number of carbonyl (C=O) groups excluding carboxylic acids is 1. The van der Waals surface area contributed by atoms with E-state index in [9.17, 15) is 9.59 Å². The molecule has 1 aromatic heterocycles. The summed E-state index contributed by atoms with van der Waals surface area (Å²) >= 11 is 0. The van der Waals surface area contributed by atoms with Crippen LogP contribution in [-0.2, 0) is 11.3 Å². The van der Waals surface area contributed by atoms with E-state index in [1.807, 2.05) is 58.0 Å². The summed E-state index contributed by atoms with van der Waals surface area (Å²) in [4.78, 5) is 25.0. The maximum absolute atomic E-state index is 12.5. The van der Waals surface area contributed by atoms with E-state index >= 15 is 0 Å². The molecule has 0 unspecified atom stereocenters. The highest BCUT2D eigenvalue weighted by Gasteiger charge is 2.13. The summed E-state index contributed by atoms with van der Waals surface area (Å²) in [5, 5.41) is 3.88. The summed E-state index contributed by atoms with van der Waals surface area (Å²) in [6, 6.07) is 13.3. The van der Waals surface area contributed by atoms with Crippen molar-refractivity contribution >= 4 is 22.5 Å². The highest BCUT2D eigenvalue weighted by Crippen LogP contribution is 2.22. The third-order valence-corrected chi connectivity index (χ3v) is 4.35. The van der Waals surface area contributed by atoms with E-state index in [0.717, 1.165) is 38.8 Å². The number of hydrogen-bond donors (Lipinski definition) is 1. The molecule has 4 heteroatoms. The molecule has 2 aromatic carbocycles. The predicted octanol–water partition coefficient (Wildman–Crippen LogP) is 3.87. The van der Waals surface area contributed by atoms with E-state index in [-0.39, 0.29) is 18.0 Å². The molecule has 4 nitrogen and oxygen atoms in total. The Labute approximate surface area is 147 Å². The van der Waals surface area contributed by atoms with Crippen LogP contribution in [0.3, 0.4) is 0 Å². The van der Waals surface area contributed by atoms with Crippen LogP contribution in [0.5, 0.6) is 0 Å². The van der Waals surface area contributed by atoms with Gasteiger partial charge in [-0.2, -0.15) is 0 Å². The molecule has 25 heavy (non-hydrogen) atoms. The monoisotopic (exact) mass is 334 g/mol. The van der Waals surface area contributed by atoms with Crippen LogP contribution in [-0.4, -0.2) is 10.5 Å². The molecular formula is C21H22N2O2. The summed E-state index contributed by atoms with van der Waals surface area (Å²) in [5.41, 5.74) is 5.55. The lowest BCUT2D eigenvalue weighted by Gasteiger charge is -2.15. The molecule has 0 aliphatic carbocycles. The number of nitrogens with one attached hydrogen (secondary N) is 1. The van der Waals surface area contributed by atoms with Crippen LogP contribution in [0.4, 0.5) is 5.69 Å². The molecular weight excluding hydrogens is 312 g/mol. The fourth-order valence-corrected chi connectivity index (χ4v) is 3.29. The van der Waals surface area contributed by atoms with Gasteiger partial charge in [0.1, 0.15) is 6.54 Å². The molecule has 0 fully saturated rings. The van der Waals surface area contributed by atoms with E-state index in [4.69, 9.17) is 0 Å². The van der Waals surface area contributed by atoms with Crippen molar-refractivity contribution in [3.8, 4) is 0 Å². The normalized spacial score (nSPS) is 10.9. The van der Waals surface area contributed by atoms with Crippen LogP contribution in [0.25, 0.3) is 10.9 Å². The minimum Gasteiger partial charge on any atom is -0.325 e. The number of rotatable bonds is 3. The maximum Gasteiger partial charge on any atom is 0.251 e. The minimum absolute atomic E-state index is 0.00649. The van der Waals surface area contributed by atoms with Gasteiger partial charge in [0.05, 0.1) is 5.52 Å². The number of pyridine rings is 1. The van der Waals surface area contributed by atoms with E-state index < -0.39 is 0 Å². The minimum atomic E-state index is -0.210. The van der Waals surface area contributed by atoms with Crippen LogP contribution in [0.2, 0.25) is 0 Å². The summed E-state index contributed by atoms with van der Waals surface area (Å²) in [6.07, 6.45) is 0. The number of hydrogen-bond acceptors (Lipinski definition) is 2. The number of nitrogens with zero attached hydrogens (tertiary/aromatic N) is 1. The largest absolute Gasteiger partial charge is 0.325 e. The zero-order chi connectivity index (χ0) is 18.1. The first-order valence-corrected chi connectivity index (χ1v) is 8.33. The average Bonchev–Trinajstić information content (AvgIpc) is 2.51. The van der Waals surface area contributed by atoms with Crippen LogP contribution >= 0.6 is 0 Å². The highest BCUT2D eigenvalue weighted by molar-refractivity contribution is 5.93. The van der Waals surface area contributed by atoms with Crippen molar-refractivity contribution < 1.29 is 4.79 Å². The van der Waals surface area contributed by atoms with Crippen molar-refractivity contribution in [2.45, 2.75) is 34.2 Å². The number of amides is 1. The van der Waals surface area contributed by atoms with E-state index in [0.29, 0.717) is 0 Å². The lowest BCUT2D eigenvalue weighted by atomic mass is 10.0. The summed E-state index contributed by atoms with van der Waals surface area (Å²) in [6.45, 7) is 7.90. The van der Waals surface area contributed by atoms with E-state index in [1.165, 1.54) is 0 Å². The van der Waals surface area contributed by atoms with Crippen molar-refractivity contribution in [1.82, 2.24) is 4.57 Å². The van der Waals surface area contributed by atoms with Gasteiger partial charge in [0.2, 0.25) is 5.91 Å². The van der Waals surface area contributed by atoms with Crippen molar-refractivity contribution in [3.63, 3.8) is 0 Å². The quantitative estimate of drug-likeness (QED) is 0.790. The number of fused-ring (bicyclic) bond motifs is 1. The van der Waals surface area contributed by atoms with Gasteiger partial charge < -0.3 is 5.32 Å². The second kappa shape index (κ2) is 6.55. The fourth-order valence-electron chi connectivity index (χ4n) is 3.29. The first kappa shape index (κ1) is 17.0. The van der Waals surface area contributed by atoms with Crippen molar-refractivity contribution in [2.24, 2.45) is 0 Å². The number of benzene rings is 2. The Morgan fingerprint density at radius 2 is 1.72 bits per heavy atom. The smallest absolute Gasteiger partial charge is 0.251 e. The molecule has 0 aliphatic rings. The lowest BCUT2D eigenvalue weighted by molar-refractivity contribution is -0.116. The van der Waals surface area contributed by atoms with Gasteiger partial charge in [-0.3, -0.25) is 14.2 Å². The molecule has 1 N–H and O–H groups in total. The molecule has 0 bridgehead atoms. The highest BCUT2D eigenvalue weighted by atomic mass is 16.2. The summed E-state index contributed by atoms with van der Waals surface area (Å²) < 4.78 is 1.56. The van der Waals surface area contributed by atoms with Gasteiger partial charge >= 0.3 is 0 Å². The molecule has 1 heterocycles. The van der Waals surface area contributed by atoms with Crippen LogP contribution < -0.4 is 10.9 Å². The van der Waals surface area contributed by atoms with E-state index in [1.54, 1.807) is 10.6 Å². The molecule has 0 atom stereocenters. The van der Waals surface area contributed by atoms with Gasteiger partial charge in [0.15, 0.2) is 0 Å². The van der Waals surface area contributed by atoms with Gasteiger partial charge in [0, 0.05) is 17.1 Å². The maximum atomic E-state index is 12.5. The lowest BCUT2D eigenvalue weighted by Crippen LogP contribution is -2.28. The Kier molecular flexibility index (Phi) is 4.45. The topological polar surface area (TPSA) is 51.1 Å². The van der Waals surface area contributed by atoms with Gasteiger partial charge in [-0.15, -0.1) is 0 Å². The Balaban J connectivity index is 2.01. The second-order valence-electron chi connectivity index (χ2n) is 6.65. The zero-order valence-electron chi connectivity index (χ0n) is 15.0. The van der Waals surface area contributed by atoms with Gasteiger partial charge in [-0.1, -0.05) is 23.8 Å². The third-order valence-electron chi connectivity index (χ3n) is 4.35. The third kappa shape index (κ3) is 3.48. The van der Waals surface area contributed by atoms with Crippen LogP contribution in [0, 0.1) is 27.7 Å². The Hall–Kier alpha value is -2.88. The van der Waals surface area contributed by atoms with Crippen molar-refractivity contribution in [2.75, 3.05) is 5.32 Å². The van der Waals surface area contributed by atoms with Crippen LogP contribution in [0.15, 0.2) is 47.3 Å². The number of carbonyl (C=O) groups is 1. The van der Waals surface area contributed by atoms with Gasteiger partial charge in [-0.25, -0.2) is 0 Å². The number of aryl methyl sites for hydroxylation is 4. The van der Waals surface area contributed by atoms with Crippen molar-refractivity contribution in [1.29, 1.82) is 0 Å². The molecule has 128 valence electrons. The molecule has 3 aromatic rings. The Morgan fingerprint density at radius 1 is 0.960 bits per heavy atom. The number of anilines is 1. The standard InChI is InChI=1S/C21H22N2O2/c1-13-6-5-7-17(9-13)22-19(24)12-23-20(25)11-15(3)18-10-14(2)8-16(4)21(18)23/h5-11H,12H2,1-4H3,(H,22,24). The Morgan fingerprint density at radius 3 is 2.44 bits per heavy atom. The summed E-state index contributed by atoms with van der Waals surface area (Å²) in [5.74, 6) is -0.210. The first-order valence-electron chi connectivity index (χ1n) is 8.33. The molecule has 0 aliphatic heterocycles. The van der Waals surface area contributed by atoms with Gasteiger partial charge in [0.25, 0.3) is 5.56 Å². The molecule has 1 amide bonds. The molecule has 0 radical (unpaired) electrons. The number of aromatic nitrogens is 1. The molecule has 0 saturated heterocycles. The van der Waals surface area contributed by atoms with Gasteiger partial charge in [-0.05, 0) is 62.6 Å².